The lowest BCUT2D eigenvalue weighted by molar-refractivity contribution is 0.0600. The summed E-state index contributed by atoms with van der Waals surface area (Å²) in [5, 5.41) is 4.28. The van der Waals surface area contributed by atoms with Gasteiger partial charge in [-0.3, -0.25) is 4.90 Å². The Bertz CT molecular complexity index is 691. The molecule has 1 aromatic heterocycles. The van der Waals surface area contributed by atoms with Gasteiger partial charge in [-0.05, 0) is 37.1 Å². The third-order valence-electron chi connectivity index (χ3n) is 4.58. The van der Waals surface area contributed by atoms with Crippen LogP contribution in [0, 0.1) is 0 Å². The van der Waals surface area contributed by atoms with Crippen LogP contribution in [-0.4, -0.2) is 29.7 Å². The molecule has 1 unspecified atom stereocenters. The van der Waals surface area contributed by atoms with Gasteiger partial charge >= 0.3 is 5.97 Å². The molecule has 0 spiro atoms. The fourth-order valence-corrected chi connectivity index (χ4v) is 3.18. The molecule has 128 valence electrons. The summed E-state index contributed by atoms with van der Waals surface area (Å²) in [7, 11) is 1.40. The Morgan fingerprint density at radius 2 is 2.12 bits per heavy atom. The van der Waals surface area contributed by atoms with E-state index < -0.39 is 0 Å². The highest BCUT2D eigenvalue weighted by Gasteiger charge is 2.29. The molecule has 1 aromatic carbocycles. The van der Waals surface area contributed by atoms with E-state index in [9.17, 15) is 4.79 Å². The number of methoxy groups -OCH3 is 1. The van der Waals surface area contributed by atoms with Crippen LogP contribution in [0.5, 0.6) is 0 Å². The number of rotatable bonds is 5. The summed E-state index contributed by atoms with van der Waals surface area (Å²) in [6.45, 7) is 6.11. The van der Waals surface area contributed by atoms with Crippen molar-refractivity contribution in [2.45, 2.75) is 45.2 Å². The molecule has 0 saturated carbocycles. The van der Waals surface area contributed by atoms with E-state index in [1.54, 1.807) is 0 Å². The number of benzene rings is 1. The Hall–Kier alpha value is -2.14. The van der Waals surface area contributed by atoms with Crippen LogP contribution in [0.25, 0.3) is 0 Å². The lowest BCUT2D eigenvalue weighted by Gasteiger charge is -2.22. The number of ether oxygens (including phenoxy) is 1. The van der Waals surface area contributed by atoms with E-state index in [4.69, 9.17) is 9.26 Å². The van der Waals surface area contributed by atoms with E-state index >= 15 is 0 Å². The summed E-state index contributed by atoms with van der Waals surface area (Å²) in [5.74, 6) is 0.996. The van der Waals surface area contributed by atoms with Crippen LogP contribution in [0.2, 0.25) is 0 Å². The molecule has 24 heavy (non-hydrogen) atoms. The van der Waals surface area contributed by atoms with Crippen molar-refractivity contribution >= 4 is 5.97 Å². The molecule has 1 aliphatic heterocycles. The second-order valence-electron chi connectivity index (χ2n) is 6.63. The Morgan fingerprint density at radius 3 is 2.75 bits per heavy atom. The molecular formula is C19H24N2O3. The molecular weight excluding hydrogens is 304 g/mol. The standard InChI is InChI=1S/C19H24N2O3/c1-13(2)18-11-16(20-24-18)17-5-4-10-21(17)12-14-6-8-15(9-7-14)19(22)23-3/h6-9,11,13,17H,4-5,10,12H2,1-3H3. The topological polar surface area (TPSA) is 55.6 Å². The Labute approximate surface area is 142 Å². The molecule has 5 nitrogen and oxygen atoms in total. The molecule has 0 aliphatic carbocycles. The first-order chi connectivity index (χ1) is 11.6. The summed E-state index contributed by atoms with van der Waals surface area (Å²) in [4.78, 5) is 13.9. The zero-order valence-electron chi connectivity index (χ0n) is 14.5. The third-order valence-corrected chi connectivity index (χ3v) is 4.58. The number of likely N-dealkylation sites (tertiary alicyclic amines) is 1. The maximum Gasteiger partial charge on any atom is 0.337 e. The zero-order chi connectivity index (χ0) is 17.1. The second kappa shape index (κ2) is 7.18. The third kappa shape index (κ3) is 3.51. The van der Waals surface area contributed by atoms with Crippen LogP contribution in [0.3, 0.4) is 0 Å². The van der Waals surface area contributed by atoms with E-state index in [1.165, 1.54) is 12.7 Å². The summed E-state index contributed by atoms with van der Waals surface area (Å²) in [6, 6.07) is 10.0. The molecule has 2 heterocycles. The van der Waals surface area contributed by atoms with Gasteiger partial charge in [-0.15, -0.1) is 0 Å². The van der Waals surface area contributed by atoms with Crippen LogP contribution in [0.1, 0.15) is 66.0 Å². The van der Waals surface area contributed by atoms with Crippen LogP contribution in [0.4, 0.5) is 0 Å². The van der Waals surface area contributed by atoms with Gasteiger partial charge < -0.3 is 9.26 Å². The summed E-state index contributed by atoms with van der Waals surface area (Å²) in [5.41, 5.74) is 2.79. The van der Waals surface area contributed by atoms with Gasteiger partial charge in [-0.2, -0.15) is 0 Å². The summed E-state index contributed by atoms with van der Waals surface area (Å²) < 4.78 is 10.2. The maximum atomic E-state index is 11.5. The molecule has 1 aliphatic rings. The van der Waals surface area contributed by atoms with Gasteiger partial charge in [0.05, 0.1) is 18.7 Å². The molecule has 0 amide bonds. The van der Waals surface area contributed by atoms with E-state index in [-0.39, 0.29) is 5.97 Å². The number of carbonyl (C=O) groups is 1. The predicted molar refractivity (Wildman–Crippen MR) is 90.8 cm³/mol. The Balaban J connectivity index is 1.70. The highest BCUT2D eigenvalue weighted by molar-refractivity contribution is 5.89. The number of esters is 1. The SMILES string of the molecule is COC(=O)c1ccc(CN2CCCC2c2cc(C(C)C)on2)cc1. The normalized spacial score (nSPS) is 18.2. The van der Waals surface area contributed by atoms with Gasteiger partial charge in [0, 0.05) is 18.5 Å². The van der Waals surface area contributed by atoms with Crippen molar-refractivity contribution in [2.75, 3.05) is 13.7 Å². The van der Waals surface area contributed by atoms with Crippen LogP contribution in [-0.2, 0) is 11.3 Å². The van der Waals surface area contributed by atoms with Crippen molar-refractivity contribution in [3.63, 3.8) is 0 Å². The minimum absolute atomic E-state index is 0.301. The van der Waals surface area contributed by atoms with Gasteiger partial charge in [0.25, 0.3) is 0 Å². The van der Waals surface area contributed by atoms with Gasteiger partial charge in [0.2, 0.25) is 0 Å². The van der Waals surface area contributed by atoms with Crippen molar-refractivity contribution < 1.29 is 14.1 Å². The molecule has 0 N–H and O–H groups in total. The number of hydrogen-bond acceptors (Lipinski definition) is 5. The fourth-order valence-electron chi connectivity index (χ4n) is 3.18. The average molecular weight is 328 g/mol. The molecule has 5 heteroatoms. The maximum absolute atomic E-state index is 11.5. The minimum Gasteiger partial charge on any atom is -0.465 e. The van der Waals surface area contributed by atoms with Gasteiger partial charge in [-0.25, -0.2) is 4.79 Å². The van der Waals surface area contributed by atoms with E-state index in [1.807, 2.05) is 24.3 Å². The largest absolute Gasteiger partial charge is 0.465 e. The average Bonchev–Trinajstić information content (AvgIpc) is 3.23. The summed E-state index contributed by atoms with van der Waals surface area (Å²) in [6.07, 6.45) is 2.26. The van der Waals surface area contributed by atoms with Crippen molar-refractivity contribution in [1.82, 2.24) is 10.1 Å². The molecule has 2 aromatic rings. The number of aromatic nitrogens is 1. The lowest BCUT2D eigenvalue weighted by Crippen LogP contribution is -2.23. The highest BCUT2D eigenvalue weighted by atomic mass is 16.5. The van der Waals surface area contributed by atoms with Crippen molar-refractivity contribution in [3.05, 3.63) is 52.9 Å². The summed E-state index contributed by atoms with van der Waals surface area (Å²) >= 11 is 0. The first-order valence-electron chi connectivity index (χ1n) is 8.46. The molecule has 1 atom stereocenters. The second-order valence-corrected chi connectivity index (χ2v) is 6.63. The minimum atomic E-state index is -0.301. The molecule has 1 saturated heterocycles. The molecule has 1 fully saturated rings. The highest BCUT2D eigenvalue weighted by Crippen LogP contribution is 2.33. The smallest absolute Gasteiger partial charge is 0.337 e. The van der Waals surface area contributed by atoms with Crippen molar-refractivity contribution in [1.29, 1.82) is 0 Å². The molecule has 0 bridgehead atoms. The first kappa shape index (κ1) is 16.7. The van der Waals surface area contributed by atoms with Gasteiger partial charge in [0.15, 0.2) is 0 Å². The van der Waals surface area contributed by atoms with E-state index in [0.29, 0.717) is 17.5 Å². The van der Waals surface area contributed by atoms with Gasteiger partial charge in [-0.1, -0.05) is 31.1 Å². The van der Waals surface area contributed by atoms with Crippen molar-refractivity contribution in [2.24, 2.45) is 0 Å². The number of carbonyl (C=O) groups excluding carboxylic acids is 1. The van der Waals surface area contributed by atoms with E-state index in [0.717, 1.165) is 37.4 Å². The predicted octanol–water partition coefficient (Wildman–Crippen LogP) is 3.92. The Kier molecular flexibility index (Phi) is 5.00. The zero-order valence-corrected chi connectivity index (χ0v) is 14.5. The fraction of sp³-hybridized carbons (Fsp3) is 0.474. The lowest BCUT2D eigenvalue weighted by atomic mass is 10.1. The number of nitrogens with zero attached hydrogens (tertiary/aromatic N) is 2. The van der Waals surface area contributed by atoms with Crippen molar-refractivity contribution in [3.8, 4) is 0 Å². The van der Waals surface area contributed by atoms with Gasteiger partial charge in [0.1, 0.15) is 11.5 Å². The van der Waals surface area contributed by atoms with Crippen LogP contribution >= 0.6 is 0 Å². The molecule has 0 radical (unpaired) electrons. The molecule has 3 rings (SSSR count). The van der Waals surface area contributed by atoms with Crippen LogP contribution < -0.4 is 0 Å². The van der Waals surface area contributed by atoms with E-state index in [2.05, 4.69) is 30.0 Å². The van der Waals surface area contributed by atoms with Crippen LogP contribution in [0.15, 0.2) is 34.9 Å². The Morgan fingerprint density at radius 1 is 1.38 bits per heavy atom. The number of hydrogen-bond donors (Lipinski definition) is 0. The quantitative estimate of drug-likeness (QED) is 0.779. The first-order valence-corrected chi connectivity index (χ1v) is 8.46. The monoisotopic (exact) mass is 328 g/mol.